The molecule has 1 unspecified atom stereocenters. The first-order chi connectivity index (χ1) is 8.54. The summed E-state index contributed by atoms with van der Waals surface area (Å²) in [6.07, 6.45) is 4.46. The molecule has 0 bridgehead atoms. The van der Waals surface area contributed by atoms with E-state index in [0.717, 1.165) is 24.9 Å². The molecular formula is C15H21ClFN. The minimum Gasteiger partial charge on any atom is -0.313 e. The van der Waals surface area contributed by atoms with Gasteiger partial charge in [-0.1, -0.05) is 37.6 Å². The van der Waals surface area contributed by atoms with E-state index in [1.54, 1.807) is 6.07 Å². The summed E-state index contributed by atoms with van der Waals surface area (Å²) in [4.78, 5) is 0. The van der Waals surface area contributed by atoms with E-state index in [2.05, 4.69) is 19.2 Å². The summed E-state index contributed by atoms with van der Waals surface area (Å²) in [5, 5.41) is 3.85. The molecular weight excluding hydrogens is 249 g/mol. The molecule has 0 saturated heterocycles. The minimum atomic E-state index is -0.317. The standard InChI is InChI=1S/C15H21ClFN/c1-3-15(2,10-18-12-7-8-12)9-11-5-4-6-13(17)14(11)16/h4-6,12,18H,3,7-10H2,1-2H3. The number of halogens is 2. The quantitative estimate of drug-likeness (QED) is 0.817. The van der Waals surface area contributed by atoms with Crippen molar-refractivity contribution < 1.29 is 4.39 Å². The molecule has 100 valence electrons. The molecule has 1 fully saturated rings. The summed E-state index contributed by atoms with van der Waals surface area (Å²) in [5.74, 6) is -0.317. The van der Waals surface area contributed by atoms with Crippen LogP contribution in [0.2, 0.25) is 5.02 Å². The van der Waals surface area contributed by atoms with E-state index in [-0.39, 0.29) is 16.3 Å². The normalized spacial score (nSPS) is 18.7. The molecule has 18 heavy (non-hydrogen) atoms. The van der Waals surface area contributed by atoms with Gasteiger partial charge in [0.2, 0.25) is 0 Å². The largest absolute Gasteiger partial charge is 0.313 e. The molecule has 3 heteroatoms. The van der Waals surface area contributed by atoms with Crippen molar-refractivity contribution in [2.75, 3.05) is 6.54 Å². The summed E-state index contributed by atoms with van der Waals surface area (Å²) in [6.45, 7) is 5.40. The maximum atomic E-state index is 13.4. The summed E-state index contributed by atoms with van der Waals surface area (Å²) in [7, 11) is 0. The molecule has 0 spiro atoms. The molecule has 1 nitrogen and oxygen atoms in total. The molecule has 0 heterocycles. The topological polar surface area (TPSA) is 12.0 Å². The van der Waals surface area contributed by atoms with Gasteiger partial charge in [-0.2, -0.15) is 0 Å². The van der Waals surface area contributed by atoms with E-state index >= 15 is 0 Å². The molecule has 1 aliphatic rings. The molecule has 1 atom stereocenters. The van der Waals surface area contributed by atoms with E-state index < -0.39 is 0 Å². The Morgan fingerprint density at radius 3 is 2.78 bits per heavy atom. The monoisotopic (exact) mass is 269 g/mol. The van der Waals surface area contributed by atoms with Gasteiger partial charge in [-0.15, -0.1) is 0 Å². The molecule has 1 saturated carbocycles. The van der Waals surface area contributed by atoms with Crippen molar-refractivity contribution in [2.45, 2.75) is 45.6 Å². The third-order valence-electron chi connectivity index (χ3n) is 3.90. The molecule has 0 amide bonds. The van der Waals surface area contributed by atoms with Crippen LogP contribution in [0.15, 0.2) is 18.2 Å². The second-order valence-electron chi connectivity index (χ2n) is 5.71. The second-order valence-corrected chi connectivity index (χ2v) is 6.09. The molecule has 1 N–H and O–H groups in total. The average Bonchev–Trinajstić information content (AvgIpc) is 3.17. The highest BCUT2D eigenvalue weighted by Gasteiger charge is 2.28. The van der Waals surface area contributed by atoms with E-state index in [0.29, 0.717) is 6.04 Å². The van der Waals surface area contributed by atoms with Gasteiger partial charge in [0, 0.05) is 12.6 Å². The average molecular weight is 270 g/mol. The van der Waals surface area contributed by atoms with Crippen molar-refractivity contribution in [3.8, 4) is 0 Å². The van der Waals surface area contributed by atoms with Gasteiger partial charge >= 0.3 is 0 Å². The Balaban J connectivity index is 2.05. The van der Waals surface area contributed by atoms with Gasteiger partial charge in [0.15, 0.2) is 0 Å². The fourth-order valence-corrected chi connectivity index (χ4v) is 2.33. The van der Waals surface area contributed by atoms with Crippen LogP contribution in [0.4, 0.5) is 4.39 Å². The van der Waals surface area contributed by atoms with E-state index in [4.69, 9.17) is 11.6 Å². The predicted octanol–water partition coefficient (Wildman–Crippen LogP) is 4.19. The third-order valence-corrected chi connectivity index (χ3v) is 4.32. The smallest absolute Gasteiger partial charge is 0.142 e. The zero-order chi connectivity index (χ0) is 13.2. The maximum Gasteiger partial charge on any atom is 0.142 e. The Bertz CT molecular complexity index is 417. The van der Waals surface area contributed by atoms with Crippen LogP contribution >= 0.6 is 11.6 Å². The maximum absolute atomic E-state index is 13.4. The van der Waals surface area contributed by atoms with Crippen molar-refractivity contribution in [1.82, 2.24) is 5.32 Å². The lowest BCUT2D eigenvalue weighted by Gasteiger charge is -2.29. The number of nitrogens with one attached hydrogen (secondary N) is 1. The zero-order valence-corrected chi connectivity index (χ0v) is 11.9. The highest BCUT2D eigenvalue weighted by Crippen LogP contribution is 2.31. The Morgan fingerprint density at radius 1 is 1.44 bits per heavy atom. The van der Waals surface area contributed by atoms with Crippen LogP contribution in [0.5, 0.6) is 0 Å². The van der Waals surface area contributed by atoms with E-state index in [1.165, 1.54) is 18.9 Å². The van der Waals surface area contributed by atoms with E-state index in [1.807, 2.05) is 6.07 Å². The van der Waals surface area contributed by atoms with Crippen LogP contribution in [0.1, 0.15) is 38.7 Å². The van der Waals surface area contributed by atoms with Gasteiger partial charge in [0.1, 0.15) is 5.82 Å². The highest BCUT2D eigenvalue weighted by atomic mass is 35.5. The molecule has 1 aromatic carbocycles. The Labute approximate surface area is 114 Å². The van der Waals surface area contributed by atoms with Gasteiger partial charge < -0.3 is 5.32 Å². The van der Waals surface area contributed by atoms with Crippen molar-refractivity contribution >= 4 is 11.6 Å². The fraction of sp³-hybridized carbons (Fsp3) is 0.600. The first kappa shape index (κ1) is 13.8. The second kappa shape index (κ2) is 5.58. The summed E-state index contributed by atoms with van der Waals surface area (Å²) < 4.78 is 13.4. The molecule has 1 aromatic rings. The number of rotatable bonds is 6. The first-order valence-corrected chi connectivity index (χ1v) is 7.08. The van der Waals surface area contributed by atoms with Crippen molar-refractivity contribution in [3.63, 3.8) is 0 Å². The van der Waals surface area contributed by atoms with Crippen LogP contribution in [0.3, 0.4) is 0 Å². The first-order valence-electron chi connectivity index (χ1n) is 6.70. The SMILES string of the molecule is CCC(C)(CNC1CC1)Cc1cccc(F)c1Cl. The van der Waals surface area contributed by atoms with Crippen LogP contribution in [-0.4, -0.2) is 12.6 Å². The lowest BCUT2D eigenvalue weighted by atomic mass is 9.81. The predicted molar refractivity (Wildman–Crippen MR) is 74.5 cm³/mol. The van der Waals surface area contributed by atoms with Gasteiger partial charge in [0.05, 0.1) is 5.02 Å². The molecule has 0 aliphatic heterocycles. The van der Waals surface area contributed by atoms with Gasteiger partial charge in [-0.3, -0.25) is 0 Å². The Morgan fingerprint density at radius 2 is 2.17 bits per heavy atom. The number of benzene rings is 1. The van der Waals surface area contributed by atoms with Crippen LogP contribution < -0.4 is 5.32 Å². The summed E-state index contributed by atoms with van der Waals surface area (Å²) in [5.41, 5.74) is 1.05. The Kier molecular flexibility index (Phi) is 4.29. The van der Waals surface area contributed by atoms with Crippen LogP contribution in [0, 0.1) is 11.2 Å². The Hall–Kier alpha value is -0.600. The van der Waals surface area contributed by atoms with Gasteiger partial charge in [-0.05, 0) is 42.7 Å². The summed E-state index contributed by atoms with van der Waals surface area (Å²) in [6, 6.07) is 5.79. The molecule has 0 radical (unpaired) electrons. The minimum absolute atomic E-state index is 0.139. The number of hydrogen-bond donors (Lipinski definition) is 1. The molecule has 1 aliphatic carbocycles. The summed E-state index contributed by atoms with van der Waals surface area (Å²) >= 11 is 6.04. The highest BCUT2D eigenvalue weighted by molar-refractivity contribution is 6.31. The molecule has 0 aromatic heterocycles. The van der Waals surface area contributed by atoms with Gasteiger partial charge in [-0.25, -0.2) is 4.39 Å². The fourth-order valence-electron chi connectivity index (χ4n) is 2.14. The van der Waals surface area contributed by atoms with E-state index in [9.17, 15) is 4.39 Å². The lowest BCUT2D eigenvalue weighted by molar-refractivity contribution is 0.289. The van der Waals surface area contributed by atoms with Crippen molar-refractivity contribution in [2.24, 2.45) is 5.41 Å². The van der Waals surface area contributed by atoms with Crippen molar-refractivity contribution in [1.29, 1.82) is 0 Å². The molecule has 2 rings (SSSR count). The number of hydrogen-bond acceptors (Lipinski definition) is 1. The van der Waals surface area contributed by atoms with Crippen LogP contribution in [-0.2, 0) is 6.42 Å². The third kappa shape index (κ3) is 3.46. The van der Waals surface area contributed by atoms with Crippen LogP contribution in [0.25, 0.3) is 0 Å². The zero-order valence-electron chi connectivity index (χ0n) is 11.1. The van der Waals surface area contributed by atoms with Crippen molar-refractivity contribution in [3.05, 3.63) is 34.6 Å². The lowest BCUT2D eigenvalue weighted by Crippen LogP contribution is -2.34. The van der Waals surface area contributed by atoms with Gasteiger partial charge in [0.25, 0.3) is 0 Å².